The van der Waals surface area contributed by atoms with Gasteiger partial charge in [0.2, 0.25) is 6.79 Å². The van der Waals surface area contributed by atoms with Crippen molar-refractivity contribution >= 4 is 23.0 Å². The zero-order chi connectivity index (χ0) is 19.1. The third kappa shape index (κ3) is 3.26. The summed E-state index contributed by atoms with van der Waals surface area (Å²) in [5, 5.41) is 14.1. The summed E-state index contributed by atoms with van der Waals surface area (Å²) in [6, 6.07) is 7.57. The van der Waals surface area contributed by atoms with E-state index in [0.29, 0.717) is 28.4 Å². The van der Waals surface area contributed by atoms with E-state index in [1.807, 2.05) is 20.8 Å². The minimum atomic E-state index is -0.501. The number of amides is 1. The van der Waals surface area contributed by atoms with E-state index in [1.54, 1.807) is 24.3 Å². The van der Waals surface area contributed by atoms with Crippen molar-refractivity contribution in [2.24, 2.45) is 0 Å². The van der Waals surface area contributed by atoms with E-state index in [0.717, 1.165) is 0 Å². The summed E-state index contributed by atoms with van der Waals surface area (Å²) in [5.74, 6) is 0.480. The first-order chi connectivity index (χ1) is 12.2. The molecule has 0 aliphatic carbocycles. The van der Waals surface area contributed by atoms with Crippen LogP contribution in [0.4, 0.5) is 17.1 Å². The van der Waals surface area contributed by atoms with Gasteiger partial charge in [-0.3, -0.25) is 14.9 Å². The van der Waals surface area contributed by atoms with Crippen molar-refractivity contribution < 1.29 is 19.2 Å². The number of fused-ring (bicyclic) bond motifs is 1. The summed E-state index contributed by atoms with van der Waals surface area (Å²) < 4.78 is 10.5. The van der Waals surface area contributed by atoms with Gasteiger partial charge in [-0.05, 0) is 11.5 Å². The van der Waals surface area contributed by atoms with E-state index in [2.05, 4.69) is 5.32 Å². The number of nitro groups is 1. The maximum absolute atomic E-state index is 12.5. The number of carbonyl (C=O) groups is 1. The van der Waals surface area contributed by atoms with Gasteiger partial charge in [0.05, 0.1) is 16.3 Å². The van der Waals surface area contributed by atoms with Crippen LogP contribution in [-0.2, 0) is 5.41 Å². The highest BCUT2D eigenvalue weighted by Crippen LogP contribution is 2.38. The number of anilines is 2. The van der Waals surface area contributed by atoms with E-state index >= 15 is 0 Å². The number of nitrogens with one attached hydrogen (secondary N) is 1. The number of nitrogens with zero attached hydrogens (tertiary/aromatic N) is 1. The standard InChI is InChI=1S/C18H19N3O5/c1-18(2,3)11-5-4-10(6-14(11)21(23)24)17(22)20-13-8-16-15(7-12(13)19)25-9-26-16/h4-8H,9,19H2,1-3H3,(H,20,22). The Labute approximate surface area is 150 Å². The number of benzene rings is 2. The second kappa shape index (κ2) is 6.21. The summed E-state index contributed by atoms with van der Waals surface area (Å²) in [5.41, 5.74) is 6.79. The lowest BCUT2D eigenvalue weighted by Crippen LogP contribution is -2.17. The number of nitrogens with two attached hydrogens (primary N) is 1. The highest BCUT2D eigenvalue weighted by atomic mass is 16.7. The SMILES string of the molecule is CC(C)(C)c1ccc(C(=O)Nc2cc3c(cc2N)OCO3)cc1[N+](=O)[O-]. The zero-order valence-electron chi connectivity index (χ0n) is 14.7. The molecule has 1 aliphatic rings. The van der Waals surface area contributed by atoms with Crippen molar-refractivity contribution in [3.05, 3.63) is 51.6 Å². The number of rotatable bonds is 3. The van der Waals surface area contributed by atoms with Crippen LogP contribution in [0.15, 0.2) is 30.3 Å². The monoisotopic (exact) mass is 357 g/mol. The number of hydrogen-bond donors (Lipinski definition) is 2. The third-order valence-corrected chi connectivity index (χ3v) is 4.06. The molecule has 136 valence electrons. The Morgan fingerprint density at radius 3 is 2.46 bits per heavy atom. The molecule has 0 saturated heterocycles. The second-order valence-electron chi connectivity index (χ2n) is 6.99. The molecule has 0 atom stereocenters. The van der Waals surface area contributed by atoms with Gasteiger partial charge in [-0.2, -0.15) is 0 Å². The topological polar surface area (TPSA) is 117 Å². The third-order valence-electron chi connectivity index (χ3n) is 4.06. The van der Waals surface area contributed by atoms with Gasteiger partial charge < -0.3 is 20.5 Å². The first-order valence-electron chi connectivity index (χ1n) is 7.96. The molecule has 1 heterocycles. The highest BCUT2D eigenvalue weighted by molar-refractivity contribution is 6.06. The van der Waals surface area contributed by atoms with Gasteiger partial charge in [0, 0.05) is 29.3 Å². The number of ether oxygens (including phenoxy) is 2. The van der Waals surface area contributed by atoms with Gasteiger partial charge in [0.15, 0.2) is 11.5 Å². The van der Waals surface area contributed by atoms with Crippen LogP contribution in [0.5, 0.6) is 11.5 Å². The maximum Gasteiger partial charge on any atom is 0.273 e. The summed E-state index contributed by atoms with van der Waals surface area (Å²) in [6.07, 6.45) is 0. The van der Waals surface area contributed by atoms with Gasteiger partial charge in [-0.15, -0.1) is 0 Å². The fourth-order valence-corrected chi connectivity index (χ4v) is 2.72. The Morgan fingerprint density at radius 2 is 1.85 bits per heavy atom. The Bertz CT molecular complexity index is 902. The Balaban J connectivity index is 1.91. The van der Waals surface area contributed by atoms with Crippen molar-refractivity contribution in [3.63, 3.8) is 0 Å². The number of nitrogen functional groups attached to an aromatic ring is 1. The molecule has 2 aromatic carbocycles. The van der Waals surface area contributed by atoms with E-state index in [9.17, 15) is 14.9 Å². The van der Waals surface area contributed by atoms with Crippen LogP contribution in [0.2, 0.25) is 0 Å². The molecule has 0 spiro atoms. The molecule has 0 bridgehead atoms. The molecule has 0 aromatic heterocycles. The smallest absolute Gasteiger partial charge is 0.273 e. The Morgan fingerprint density at radius 1 is 1.19 bits per heavy atom. The average Bonchev–Trinajstić information content (AvgIpc) is 3.00. The lowest BCUT2D eigenvalue weighted by Gasteiger charge is -2.19. The summed E-state index contributed by atoms with van der Waals surface area (Å²) in [4.78, 5) is 23.5. The minimum Gasteiger partial charge on any atom is -0.454 e. The molecular weight excluding hydrogens is 338 g/mol. The number of hydrogen-bond acceptors (Lipinski definition) is 6. The molecule has 0 radical (unpaired) electrons. The molecular formula is C18H19N3O5. The molecule has 8 heteroatoms. The van der Waals surface area contributed by atoms with Crippen LogP contribution in [0.1, 0.15) is 36.7 Å². The molecule has 1 aliphatic heterocycles. The zero-order valence-corrected chi connectivity index (χ0v) is 14.7. The van der Waals surface area contributed by atoms with Crippen molar-refractivity contribution in [2.75, 3.05) is 17.8 Å². The van der Waals surface area contributed by atoms with Crippen LogP contribution >= 0.6 is 0 Å². The number of nitro benzene ring substituents is 1. The van der Waals surface area contributed by atoms with Gasteiger partial charge >= 0.3 is 0 Å². The predicted octanol–water partition coefficient (Wildman–Crippen LogP) is 3.46. The molecule has 1 amide bonds. The highest BCUT2D eigenvalue weighted by Gasteiger charge is 2.26. The lowest BCUT2D eigenvalue weighted by atomic mass is 9.85. The van der Waals surface area contributed by atoms with Gasteiger partial charge in [-0.25, -0.2) is 0 Å². The van der Waals surface area contributed by atoms with Gasteiger partial charge in [-0.1, -0.05) is 26.8 Å². The van der Waals surface area contributed by atoms with E-state index in [4.69, 9.17) is 15.2 Å². The summed E-state index contributed by atoms with van der Waals surface area (Å²) in [7, 11) is 0. The van der Waals surface area contributed by atoms with Gasteiger partial charge in [0.1, 0.15) is 0 Å². The van der Waals surface area contributed by atoms with Crippen molar-refractivity contribution in [2.45, 2.75) is 26.2 Å². The van der Waals surface area contributed by atoms with Crippen molar-refractivity contribution in [3.8, 4) is 11.5 Å². The predicted molar refractivity (Wildman–Crippen MR) is 96.7 cm³/mol. The normalized spacial score (nSPS) is 12.7. The summed E-state index contributed by atoms with van der Waals surface area (Å²) in [6.45, 7) is 5.72. The minimum absolute atomic E-state index is 0.0899. The largest absolute Gasteiger partial charge is 0.454 e. The van der Waals surface area contributed by atoms with Crippen LogP contribution in [0.25, 0.3) is 0 Å². The van der Waals surface area contributed by atoms with E-state index in [1.165, 1.54) is 6.07 Å². The molecule has 8 nitrogen and oxygen atoms in total. The van der Waals surface area contributed by atoms with Crippen LogP contribution < -0.4 is 20.5 Å². The lowest BCUT2D eigenvalue weighted by molar-refractivity contribution is -0.386. The molecule has 0 fully saturated rings. The van der Waals surface area contributed by atoms with Crippen LogP contribution in [0, 0.1) is 10.1 Å². The van der Waals surface area contributed by atoms with E-state index < -0.39 is 16.2 Å². The fourth-order valence-electron chi connectivity index (χ4n) is 2.72. The summed E-state index contributed by atoms with van der Waals surface area (Å²) >= 11 is 0. The first-order valence-corrected chi connectivity index (χ1v) is 7.96. The maximum atomic E-state index is 12.5. The number of carbonyl (C=O) groups excluding carboxylic acids is 1. The quantitative estimate of drug-likeness (QED) is 0.493. The second-order valence-corrected chi connectivity index (χ2v) is 6.99. The molecule has 0 saturated carbocycles. The fraction of sp³-hybridized carbons (Fsp3) is 0.278. The Kier molecular flexibility index (Phi) is 4.19. The molecule has 0 unspecified atom stereocenters. The van der Waals surface area contributed by atoms with Crippen molar-refractivity contribution in [1.82, 2.24) is 0 Å². The van der Waals surface area contributed by atoms with Crippen LogP contribution in [-0.4, -0.2) is 17.6 Å². The van der Waals surface area contributed by atoms with Crippen molar-refractivity contribution in [1.29, 1.82) is 0 Å². The van der Waals surface area contributed by atoms with Crippen LogP contribution in [0.3, 0.4) is 0 Å². The molecule has 3 N–H and O–H groups in total. The Hall–Kier alpha value is -3.29. The van der Waals surface area contributed by atoms with Gasteiger partial charge in [0.25, 0.3) is 11.6 Å². The first kappa shape index (κ1) is 17.5. The molecule has 2 aromatic rings. The molecule has 3 rings (SSSR count). The average molecular weight is 357 g/mol. The van der Waals surface area contributed by atoms with E-state index in [-0.39, 0.29) is 18.0 Å². The molecule has 26 heavy (non-hydrogen) atoms.